The van der Waals surface area contributed by atoms with Gasteiger partial charge in [-0.3, -0.25) is 10.1 Å². The average Bonchev–Trinajstić information content (AvgIpc) is 3.01. The van der Waals surface area contributed by atoms with Gasteiger partial charge in [0.1, 0.15) is 17.1 Å². The van der Waals surface area contributed by atoms with E-state index < -0.39 is 11.5 Å². The summed E-state index contributed by atoms with van der Waals surface area (Å²) < 4.78 is 24.1. The molecule has 0 radical (unpaired) electrons. The lowest BCUT2D eigenvalue weighted by molar-refractivity contribution is 0.102. The number of benzene rings is 2. The van der Waals surface area contributed by atoms with Crippen LogP contribution in [0.5, 0.6) is 5.75 Å². The number of carbonyl (C=O) groups is 1. The molecule has 1 N–H and O–H groups in total. The van der Waals surface area contributed by atoms with E-state index in [0.29, 0.717) is 26.5 Å². The fourth-order valence-corrected chi connectivity index (χ4v) is 3.46. The number of aromatic nitrogens is 1. The minimum Gasteiger partial charge on any atom is -0.497 e. The number of fused-ring (bicyclic) bond motifs is 2. The van der Waals surface area contributed by atoms with E-state index >= 15 is 0 Å². The molecule has 4 rings (SSSR count). The van der Waals surface area contributed by atoms with Crippen molar-refractivity contribution in [3.05, 3.63) is 64.3 Å². The van der Waals surface area contributed by atoms with Crippen molar-refractivity contribution >= 4 is 43.6 Å². The summed E-state index contributed by atoms with van der Waals surface area (Å²) in [4.78, 5) is 28.7. The van der Waals surface area contributed by atoms with Crippen molar-refractivity contribution in [2.75, 3.05) is 12.4 Å². The molecule has 0 aliphatic heterocycles. The van der Waals surface area contributed by atoms with Crippen molar-refractivity contribution < 1.29 is 18.3 Å². The van der Waals surface area contributed by atoms with Crippen molar-refractivity contribution in [1.82, 2.24) is 4.98 Å². The molecule has 130 valence electrons. The molecular formula is C18H11FN2O4S. The lowest BCUT2D eigenvalue weighted by atomic mass is 10.1. The number of hydrogen-bond donors (Lipinski definition) is 1. The summed E-state index contributed by atoms with van der Waals surface area (Å²) in [7, 11) is 1.49. The summed E-state index contributed by atoms with van der Waals surface area (Å²) in [5, 5.41) is 3.43. The average molecular weight is 370 g/mol. The van der Waals surface area contributed by atoms with Crippen molar-refractivity contribution in [2.45, 2.75) is 0 Å². The monoisotopic (exact) mass is 370 g/mol. The van der Waals surface area contributed by atoms with Gasteiger partial charge in [-0.15, -0.1) is 0 Å². The van der Waals surface area contributed by atoms with E-state index in [0.717, 1.165) is 17.4 Å². The summed E-state index contributed by atoms with van der Waals surface area (Å²) in [6, 6.07) is 10.2. The molecule has 2 aromatic heterocycles. The summed E-state index contributed by atoms with van der Waals surface area (Å²) >= 11 is 1.15. The van der Waals surface area contributed by atoms with Crippen molar-refractivity contribution in [1.29, 1.82) is 0 Å². The van der Waals surface area contributed by atoms with Crippen molar-refractivity contribution in [2.24, 2.45) is 0 Å². The third-order valence-electron chi connectivity index (χ3n) is 3.77. The van der Waals surface area contributed by atoms with Gasteiger partial charge in [0.15, 0.2) is 5.13 Å². The second-order valence-electron chi connectivity index (χ2n) is 5.43. The number of nitrogens with zero attached hydrogens (tertiary/aromatic N) is 1. The van der Waals surface area contributed by atoms with Crippen LogP contribution in [-0.4, -0.2) is 18.0 Å². The first-order chi connectivity index (χ1) is 12.5. The fourth-order valence-electron chi connectivity index (χ4n) is 2.57. The van der Waals surface area contributed by atoms with Gasteiger partial charge in [-0.2, -0.15) is 0 Å². The number of amides is 1. The van der Waals surface area contributed by atoms with Crippen LogP contribution >= 0.6 is 11.3 Å². The van der Waals surface area contributed by atoms with Gasteiger partial charge >= 0.3 is 5.63 Å². The van der Waals surface area contributed by atoms with E-state index in [1.165, 1.54) is 31.4 Å². The first kappa shape index (κ1) is 16.2. The second kappa shape index (κ2) is 6.23. The minimum absolute atomic E-state index is 0.157. The van der Waals surface area contributed by atoms with Gasteiger partial charge in [0.05, 0.1) is 22.9 Å². The predicted octanol–water partition coefficient (Wildman–Crippen LogP) is 3.80. The Morgan fingerprint density at radius 1 is 1.23 bits per heavy atom. The molecule has 0 bridgehead atoms. The van der Waals surface area contributed by atoms with Crippen LogP contribution < -0.4 is 15.7 Å². The first-order valence-electron chi connectivity index (χ1n) is 7.53. The van der Waals surface area contributed by atoms with Crippen LogP contribution in [-0.2, 0) is 0 Å². The quantitative estimate of drug-likeness (QED) is 0.555. The molecule has 0 spiro atoms. The molecule has 2 heterocycles. The highest BCUT2D eigenvalue weighted by Gasteiger charge is 2.16. The van der Waals surface area contributed by atoms with Crippen LogP contribution in [0.25, 0.3) is 21.2 Å². The number of hydrogen-bond acceptors (Lipinski definition) is 6. The molecule has 0 saturated heterocycles. The van der Waals surface area contributed by atoms with E-state index in [1.54, 1.807) is 12.1 Å². The standard InChI is InChI=1S/C18H11FN2O4S/c1-24-10-3-4-11-12(8-16(22)25-14(11)7-10)17(23)21-18-20-13-5-2-9(19)6-15(13)26-18/h2-8H,1H3,(H,20,21,23). The summed E-state index contributed by atoms with van der Waals surface area (Å²) in [5.74, 6) is -0.376. The Kier molecular flexibility index (Phi) is 3.89. The summed E-state index contributed by atoms with van der Waals surface area (Å²) in [5.41, 5.74) is 0.328. The molecule has 6 nitrogen and oxygen atoms in total. The molecule has 2 aromatic carbocycles. The van der Waals surface area contributed by atoms with Gasteiger partial charge in [-0.1, -0.05) is 11.3 Å². The van der Waals surface area contributed by atoms with Crippen molar-refractivity contribution in [3.63, 3.8) is 0 Å². The van der Waals surface area contributed by atoms with E-state index in [9.17, 15) is 14.0 Å². The molecule has 4 aromatic rings. The Morgan fingerprint density at radius 3 is 2.88 bits per heavy atom. The highest BCUT2D eigenvalue weighted by atomic mass is 32.1. The van der Waals surface area contributed by atoms with Crippen LogP contribution in [0.2, 0.25) is 0 Å². The van der Waals surface area contributed by atoms with Gasteiger partial charge in [0, 0.05) is 17.5 Å². The summed E-state index contributed by atoms with van der Waals surface area (Å²) in [6.07, 6.45) is 0. The van der Waals surface area contributed by atoms with E-state index in [2.05, 4.69) is 10.3 Å². The number of anilines is 1. The van der Waals surface area contributed by atoms with Crippen LogP contribution in [0, 0.1) is 5.82 Å². The maximum absolute atomic E-state index is 13.3. The Hall–Kier alpha value is -3.26. The lowest BCUT2D eigenvalue weighted by Crippen LogP contribution is -2.15. The van der Waals surface area contributed by atoms with Crippen LogP contribution in [0.15, 0.2) is 51.7 Å². The van der Waals surface area contributed by atoms with E-state index in [-0.39, 0.29) is 17.0 Å². The molecule has 0 aliphatic carbocycles. The Morgan fingerprint density at radius 2 is 2.08 bits per heavy atom. The largest absolute Gasteiger partial charge is 0.497 e. The minimum atomic E-state index is -0.651. The topological polar surface area (TPSA) is 81.4 Å². The molecule has 1 amide bonds. The lowest BCUT2D eigenvalue weighted by Gasteiger charge is -2.06. The Balaban J connectivity index is 1.74. The number of ether oxygens (including phenoxy) is 1. The molecule has 0 aliphatic rings. The maximum atomic E-state index is 13.3. The summed E-state index contributed by atoms with van der Waals surface area (Å²) in [6.45, 7) is 0. The SMILES string of the molecule is COc1ccc2c(C(=O)Nc3nc4ccc(F)cc4s3)cc(=O)oc2c1. The number of thiazole rings is 1. The number of rotatable bonds is 3. The first-order valence-corrected chi connectivity index (χ1v) is 8.34. The molecular weight excluding hydrogens is 359 g/mol. The van der Waals surface area contributed by atoms with Gasteiger partial charge in [-0.25, -0.2) is 14.2 Å². The van der Waals surface area contributed by atoms with Gasteiger partial charge < -0.3 is 9.15 Å². The number of methoxy groups -OCH3 is 1. The zero-order valence-electron chi connectivity index (χ0n) is 13.4. The number of carbonyl (C=O) groups excluding carboxylic acids is 1. The molecule has 0 unspecified atom stereocenters. The number of halogens is 1. The maximum Gasteiger partial charge on any atom is 0.337 e. The molecule has 0 fully saturated rings. The van der Waals surface area contributed by atoms with Gasteiger partial charge in [0.2, 0.25) is 0 Å². The third kappa shape index (κ3) is 2.91. The van der Waals surface area contributed by atoms with Crippen LogP contribution in [0.1, 0.15) is 10.4 Å². The molecule has 0 atom stereocenters. The van der Waals surface area contributed by atoms with Gasteiger partial charge in [-0.05, 0) is 30.3 Å². The predicted molar refractivity (Wildman–Crippen MR) is 96.6 cm³/mol. The molecule has 26 heavy (non-hydrogen) atoms. The fraction of sp³-hybridized carbons (Fsp3) is 0.0556. The third-order valence-corrected chi connectivity index (χ3v) is 4.70. The molecule has 0 saturated carbocycles. The van der Waals surface area contributed by atoms with Gasteiger partial charge in [0.25, 0.3) is 5.91 Å². The van der Waals surface area contributed by atoms with Crippen LogP contribution in [0.3, 0.4) is 0 Å². The number of nitrogens with one attached hydrogen (secondary N) is 1. The smallest absolute Gasteiger partial charge is 0.337 e. The van der Waals surface area contributed by atoms with Crippen LogP contribution in [0.4, 0.5) is 9.52 Å². The van der Waals surface area contributed by atoms with Crippen molar-refractivity contribution in [3.8, 4) is 5.75 Å². The second-order valence-corrected chi connectivity index (χ2v) is 6.46. The molecule has 8 heteroatoms. The normalized spacial score (nSPS) is 11.0. The Bertz CT molecular complexity index is 1210. The zero-order chi connectivity index (χ0) is 18.3. The highest BCUT2D eigenvalue weighted by Crippen LogP contribution is 2.28. The zero-order valence-corrected chi connectivity index (χ0v) is 14.2. The Labute approximate surface area is 149 Å². The van der Waals surface area contributed by atoms with E-state index in [4.69, 9.17) is 9.15 Å². The highest BCUT2D eigenvalue weighted by molar-refractivity contribution is 7.22. The van der Waals surface area contributed by atoms with E-state index in [1.807, 2.05) is 0 Å².